The summed E-state index contributed by atoms with van der Waals surface area (Å²) in [6.07, 6.45) is 11.4. The van der Waals surface area contributed by atoms with Gasteiger partial charge in [-0.25, -0.2) is 4.98 Å². The van der Waals surface area contributed by atoms with Crippen LogP contribution in [-0.4, -0.2) is 9.97 Å². The number of pyridine rings is 2. The lowest BCUT2D eigenvalue weighted by Gasteiger charge is -2.07. The lowest BCUT2D eigenvalue weighted by atomic mass is 10.0. The van der Waals surface area contributed by atoms with Crippen LogP contribution in [0.25, 0.3) is 16.5 Å². The van der Waals surface area contributed by atoms with Gasteiger partial charge in [0.05, 0.1) is 11.2 Å². The number of allylic oxidation sites excluding steroid dienone is 5. The van der Waals surface area contributed by atoms with E-state index in [0.717, 1.165) is 27.7 Å². The van der Waals surface area contributed by atoms with Crippen LogP contribution < -0.4 is 0 Å². The largest absolute Gasteiger partial charge is 0.264 e. The number of nitrogens with zero attached hydrogens (tertiary/aromatic N) is 2. The molecular formula is C18H22N2. The molecule has 0 aliphatic carbocycles. The molecule has 20 heavy (non-hydrogen) atoms. The molecule has 0 aliphatic heterocycles. The Labute approximate surface area is 121 Å². The topological polar surface area (TPSA) is 25.8 Å². The maximum absolute atomic E-state index is 4.69. The monoisotopic (exact) mass is 266 g/mol. The van der Waals surface area contributed by atoms with Gasteiger partial charge in [0.1, 0.15) is 0 Å². The minimum Gasteiger partial charge on any atom is -0.264 e. The molecule has 2 aromatic heterocycles. The predicted molar refractivity (Wildman–Crippen MR) is 88.6 cm³/mol. The molecule has 0 bridgehead atoms. The number of hydrogen-bond donors (Lipinski definition) is 0. The molecule has 104 valence electrons. The quantitative estimate of drug-likeness (QED) is 0.721. The summed E-state index contributed by atoms with van der Waals surface area (Å²) in [6.45, 7) is 11.9. The minimum atomic E-state index is 0.957. The smallest absolute Gasteiger partial charge is 0.0740 e. The Hall–Kier alpha value is -2.22. The summed E-state index contributed by atoms with van der Waals surface area (Å²) in [7, 11) is 0. The fourth-order valence-corrected chi connectivity index (χ4v) is 1.86. The standard InChI is InChI=1S/C16H16N2.C2H6/c1-4-6-7-13(5-2)16-12(3)10-14-11-17-9-8-15(14)18-16;1-2/h4-11H,2H2,1,3H3;1-2H3/b6-4-,13-7+;. The highest BCUT2D eigenvalue weighted by atomic mass is 14.7. The van der Waals surface area contributed by atoms with Gasteiger partial charge in [0, 0.05) is 17.8 Å². The Balaban J connectivity index is 0.000000956. The van der Waals surface area contributed by atoms with Crippen molar-refractivity contribution in [1.29, 1.82) is 0 Å². The molecule has 0 aromatic carbocycles. The zero-order valence-electron chi connectivity index (χ0n) is 12.7. The van der Waals surface area contributed by atoms with Gasteiger partial charge in [-0.2, -0.15) is 0 Å². The first-order valence-corrected chi connectivity index (χ1v) is 6.93. The van der Waals surface area contributed by atoms with E-state index in [1.165, 1.54) is 0 Å². The van der Waals surface area contributed by atoms with Gasteiger partial charge in [0.15, 0.2) is 0 Å². The van der Waals surface area contributed by atoms with Crippen LogP contribution in [0.15, 0.2) is 55.4 Å². The summed E-state index contributed by atoms with van der Waals surface area (Å²) in [4.78, 5) is 8.80. The van der Waals surface area contributed by atoms with Gasteiger partial charge < -0.3 is 0 Å². The van der Waals surface area contributed by atoms with Crippen molar-refractivity contribution in [2.45, 2.75) is 27.7 Å². The molecule has 0 aliphatic rings. The Morgan fingerprint density at radius 2 is 2.05 bits per heavy atom. The molecule has 0 unspecified atom stereocenters. The Morgan fingerprint density at radius 1 is 1.30 bits per heavy atom. The van der Waals surface area contributed by atoms with Crippen molar-refractivity contribution in [3.05, 3.63) is 66.7 Å². The molecular weight excluding hydrogens is 244 g/mol. The molecule has 0 N–H and O–H groups in total. The van der Waals surface area contributed by atoms with Crippen LogP contribution in [0, 0.1) is 6.92 Å². The molecule has 0 radical (unpaired) electrons. The average Bonchev–Trinajstić information content (AvgIpc) is 2.50. The normalized spacial score (nSPS) is 11.3. The first-order valence-electron chi connectivity index (χ1n) is 6.93. The highest BCUT2D eigenvalue weighted by Gasteiger charge is 2.05. The number of fused-ring (bicyclic) bond motifs is 1. The second-order valence-corrected chi connectivity index (χ2v) is 4.07. The number of aromatic nitrogens is 2. The molecule has 2 rings (SSSR count). The maximum atomic E-state index is 4.69. The Kier molecular flexibility index (Phi) is 6.38. The molecule has 0 atom stereocenters. The lowest BCUT2D eigenvalue weighted by Crippen LogP contribution is -1.93. The summed E-state index contributed by atoms with van der Waals surface area (Å²) in [5.74, 6) is 0. The van der Waals surface area contributed by atoms with E-state index in [2.05, 4.69) is 29.5 Å². The van der Waals surface area contributed by atoms with Crippen molar-refractivity contribution in [2.24, 2.45) is 0 Å². The van der Waals surface area contributed by atoms with Crippen LogP contribution in [0.4, 0.5) is 0 Å². The van der Waals surface area contributed by atoms with Crippen LogP contribution in [0.1, 0.15) is 32.0 Å². The summed E-state index contributed by atoms with van der Waals surface area (Å²) < 4.78 is 0. The first kappa shape index (κ1) is 15.8. The second-order valence-electron chi connectivity index (χ2n) is 4.07. The molecule has 0 amide bonds. The number of hydrogen-bond acceptors (Lipinski definition) is 2. The van der Waals surface area contributed by atoms with E-state index < -0.39 is 0 Å². The minimum absolute atomic E-state index is 0.957. The van der Waals surface area contributed by atoms with Gasteiger partial charge >= 0.3 is 0 Å². The van der Waals surface area contributed by atoms with Crippen LogP contribution in [-0.2, 0) is 0 Å². The van der Waals surface area contributed by atoms with E-state index in [0.29, 0.717) is 0 Å². The fourth-order valence-electron chi connectivity index (χ4n) is 1.86. The molecule has 2 heteroatoms. The van der Waals surface area contributed by atoms with Gasteiger partial charge in [-0.15, -0.1) is 0 Å². The lowest BCUT2D eigenvalue weighted by molar-refractivity contribution is 1.26. The molecule has 0 spiro atoms. The molecule has 2 heterocycles. The third-order valence-corrected chi connectivity index (χ3v) is 2.77. The summed E-state index contributed by atoms with van der Waals surface area (Å²) in [6, 6.07) is 4.03. The summed E-state index contributed by atoms with van der Waals surface area (Å²) >= 11 is 0. The van der Waals surface area contributed by atoms with Crippen molar-refractivity contribution in [2.75, 3.05) is 0 Å². The Morgan fingerprint density at radius 3 is 2.70 bits per heavy atom. The van der Waals surface area contributed by atoms with E-state index in [4.69, 9.17) is 0 Å². The van der Waals surface area contributed by atoms with Crippen molar-refractivity contribution in [1.82, 2.24) is 9.97 Å². The van der Waals surface area contributed by atoms with Crippen LogP contribution >= 0.6 is 0 Å². The van der Waals surface area contributed by atoms with Gasteiger partial charge in [-0.1, -0.05) is 44.7 Å². The van der Waals surface area contributed by atoms with E-state index in [1.807, 2.05) is 57.3 Å². The Bertz CT molecular complexity index is 637. The maximum Gasteiger partial charge on any atom is 0.0740 e. The van der Waals surface area contributed by atoms with Crippen molar-refractivity contribution in [3.63, 3.8) is 0 Å². The van der Waals surface area contributed by atoms with Gasteiger partial charge in [-0.3, -0.25) is 4.98 Å². The molecule has 0 saturated carbocycles. The van der Waals surface area contributed by atoms with E-state index >= 15 is 0 Å². The average molecular weight is 266 g/mol. The van der Waals surface area contributed by atoms with E-state index in [1.54, 1.807) is 6.20 Å². The second kappa shape index (κ2) is 8.05. The zero-order valence-corrected chi connectivity index (χ0v) is 12.7. The number of aryl methyl sites for hydroxylation is 1. The van der Waals surface area contributed by atoms with Gasteiger partial charge in [0.25, 0.3) is 0 Å². The molecule has 2 nitrogen and oxygen atoms in total. The van der Waals surface area contributed by atoms with Crippen molar-refractivity contribution in [3.8, 4) is 0 Å². The highest BCUT2D eigenvalue weighted by Crippen LogP contribution is 2.22. The van der Waals surface area contributed by atoms with Gasteiger partial charge in [-0.05, 0) is 37.1 Å². The summed E-state index contributed by atoms with van der Waals surface area (Å²) in [5.41, 5.74) is 4.09. The van der Waals surface area contributed by atoms with Gasteiger partial charge in [0.2, 0.25) is 0 Å². The predicted octanol–water partition coefficient (Wildman–Crippen LogP) is 5.11. The zero-order chi connectivity index (χ0) is 15.0. The van der Waals surface area contributed by atoms with Crippen LogP contribution in [0.2, 0.25) is 0 Å². The van der Waals surface area contributed by atoms with Crippen LogP contribution in [0.3, 0.4) is 0 Å². The molecule has 2 aromatic rings. The molecule has 0 fully saturated rings. The number of rotatable bonds is 3. The van der Waals surface area contributed by atoms with Crippen molar-refractivity contribution < 1.29 is 0 Å². The van der Waals surface area contributed by atoms with E-state index in [9.17, 15) is 0 Å². The summed E-state index contributed by atoms with van der Waals surface area (Å²) in [5, 5.41) is 1.06. The third-order valence-electron chi connectivity index (χ3n) is 2.77. The fraction of sp³-hybridized carbons (Fsp3) is 0.222. The van der Waals surface area contributed by atoms with Crippen LogP contribution in [0.5, 0.6) is 0 Å². The van der Waals surface area contributed by atoms with Crippen molar-refractivity contribution >= 4 is 16.5 Å². The highest BCUT2D eigenvalue weighted by molar-refractivity contribution is 5.83. The first-order chi connectivity index (χ1) is 9.76. The third kappa shape index (κ3) is 3.64. The molecule has 0 saturated heterocycles. The van der Waals surface area contributed by atoms with E-state index in [-0.39, 0.29) is 0 Å². The SMILES string of the molecule is C=C/C(=C\C=C/C)c1nc2ccncc2cc1C.CC.